The van der Waals surface area contributed by atoms with Gasteiger partial charge in [-0.3, -0.25) is 4.79 Å². The number of carbonyl (C=O) groups is 1. The Hall–Kier alpha value is -2.76. The van der Waals surface area contributed by atoms with Crippen molar-refractivity contribution in [3.8, 4) is 11.3 Å². The van der Waals surface area contributed by atoms with Gasteiger partial charge in [-0.25, -0.2) is 13.9 Å². The molecule has 0 aliphatic heterocycles. The second-order valence-electron chi connectivity index (χ2n) is 4.29. The van der Waals surface area contributed by atoms with Crippen LogP contribution in [0.5, 0.6) is 0 Å². The minimum Gasteiger partial charge on any atom is -0.481 e. The Morgan fingerprint density at radius 1 is 1.30 bits per heavy atom. The number of carboxylic acid groups (broad SMARTS) is 1. The molecule has 20 heavy (non-hydrogen) atoms. The topological polar surface area (TPSA) is 67.5 Å². The summed E-state index contributed by atoms with van der Waals surface area (Å²) in [6.07, 6.45) is 3.09. The normalized spacial score (nSPS) is 10.8. The molecule has 0 unspecified atom stereocenters. The Morgan fingerprint density at radius 2 is 2.05 bits per heavy atom. The molecule has 3 rings (SSSR count). The first-order valence-corrected chi connectivity index (χ1v) is 5.95. The molecule has 0 atom stereocenters. The average Bonchev–Trinajstić information content (AvgIpc) is 2.78. The van der Waals surface area contributed by atoms with E-state index in [0.29, 0.717) is 22.5 Å². The van der Waals surface area contributed by atoms with Gasteiger partial charge in [-0.2, -0.15) is 5.10 Å². The van der Waals surface area contributed by atoms with Gasteiger partial charge in [-0.1, -0.05) is 0 Å². The third-order valence-corrected chi connectivity index (χ3v) is 2.94. The van der Waals surface area contributed by atoms with Crippen molar-refractivity contribution in [2.45, 2.75) is 6.42 Å². The molecule has 0 saturated heterocycles. The van der Waals surface area contributed by atoms with Crippen LogP contribution in [-0.4, -0.2) is 25.7 Å². The van der Waals surface area contributed by atoms with Gasteiger partial charge in [-0.05, 0) is 30.3 Å². The van der Waals surface area contributed by atoms with Crippen molar-refractivity contribution in [3.05, 3.63) is 54.1 Å². The first-order chi connectivity index (χ1) is 9.65. The number of rotatable bonds is 3. The molecule has 3 aromatic rings. The van der Waals surface area contributed by atoms with E-state index >= 15 is 0 Å². The fraction of sp³-hybridized carbons (Fsp3) is 0.0714. The summed E-state index contributed by atoms with van der Waals surface area (Å²) in [6.45, 7) is 0. The Labute approximate surface area is 113 Å². The monoisotopic (exact) mass is 271 g/mol. The van der Waals surface area contributed by atoms with E-state index < -0.39 is 5.97 Å². The summed E-state index contributed by atoms with van der Waals surface area (Å²) in [5, 5.41) is 13.4. The van der Waals surface area contributed by atoms with Crippen molar-refractivity contribution < 1.29 is 14.3 Å². The van der Waals surface area contributed by atoms with E-state index in [1.165, 1.54) is 16.6 Å². The zero-order chi connectivity index (χ0) is 14.1. The first kappa shape index (κ1) is 12.3. The predicted molar refractivity (Wildman–Crippen MR) is 69.7 cm³/mol. The Morgan fingerprint density at radius 3 is 2.75 bits per heavy atom. The number of benzene rings is 1. The van der Waals surface area contributed by atoms with Crippen LogP contribution in [0.4, 0.5) is 4.39 Å². The lowest BCUT2D eigenvalue weighted by Crippen LogP contribution is -2.01. The molecule has 0 fully saturated rings. The Kier molecular flexibility index (Phi) is 2.90. The molecule has 0 spiro atoms. The number of fused-ring (bicyclic) bond motifs is 1. The molecule has 2 heterocycles. The molecule has 0 bridgehead atoms. The van der Waals surface area contributed by atoms with Crippen LogP contribution in [0.25, 0.3) is 16.9 Å². The van der Waals surface area contributed by atoms with Crippen LogP contribution < -0.4 is 0 Å². The van der Waals surface area contributed by atoms with Crippen LogP contribution in [0.15, 0.2) is 42.7 Å². The molecule has 2 aromatic heterocycles. The van der Waals surface area contributed by atoms with Crippen LogP contribution in [-0.2, 0) is 11.2 Å². The van der Waals surface area contributed by atoms with E-state index in [4.69, 9.17) is 5.11 Å². The molecule has 0 saturated carbocycles. The molecule has 0 amide bonds. The number of halogens is 1. The number of nitrogens with zero attached hydrogens (tertiary/aromatic N) is 3. The average molecular weight is 271 g/mol. The minimum atomic E-state index is -0.964. The second-order valence-corrected chi connectivity index (χ2v) is 4.29. The van der Waals surface area contributed by atoms with Gasteiger partial charge in [-0.15, -0.1) is 0 Å². The zero-order valence-electron chi connectivity index (χ0n) is 10.3. The number of hydrogen-bond acceptors (Lipinski definition) is 3. The largest absolute Gasteiger partial charge is 0.481 e. The van der Waals surface area contributed by atoms with Crippen molar-refractivity contribution >= 4 is 11.6 Å². The molecule has 0 aliphatic carbocycles. The maximum atomic E-state index is 13.0. The van der Waals surface area contributed by atoms with Gasteiger partial charge < -0.3 is 5.11 Å². The minimum absolute atomic E-state index is 0.187. The zero-order valence-corrected chi connectivity index (χ0v) is 10.3. The molecular formula is C14H10FN3O2. The maximum Gasteiger partial charge on any atom is 0.308 e. The molecule has 5 nitrogen and oxygen atoms in total. The van der Waals surface area contributed by atoms with Crippen molar-refractivity contribution in [3.63, 3.8) is 0 Å². The number of aliphatic carboxylic acids is 1. The van der Waals surface area contributed by atoms with Crippen molar-refractivity contribution in [1.82, 2.24) is 14.6 Å². The fourth-order valence-corrected chi connectivity index (χ4v) is 2.09. The lowest BCUT2D eigenvalue weighted by atomic mass is 10.1. The van der Waals surface area contributed by atoms with E-state index in [-0.39, 0.29) is 12.2 Å². The quantitative estimate of drug-likeness (QED) is 0.792. The van der Waals surface area contributed by atoms with E-state index in [1.54, 1.807) is 30.6 Å². The SMILES string of the molecule is O=C(O)Cc1c(-c2ccc(F)cc2)nn2cccnc12. The van der Waals surface area contributed by atoms with E-state index in [9.17, 15) is 9.18 Å². The smallest absolute Gasteiger partial charge is 0.308 e. The molecule has 0 radical (unpaired) electrons. The molecule has 100 valence electrons. The van der Waals surface area contributed by atoms with E-state index in [1.807, 2.05) is 0 Å². The Balaban J connectivity index is 2.23. The molecule has 0 aliphatic rings. The summed E-state index contributed by atoms with van der Waals surface area (Å²) >= 11 is 0. The highest BCUT2D eigenvalue weighted by Gasteiger charge is 2.17. The summed E-state index contributed by atoms with van der Waals surface area (Å²) in [5.74, 6) is -1.32. The van der Waals surface area contributed by atoms with Crippen LogP contribution >= 0.6 is 0 Å². The van der Waals surface area contributed by atoms with Gasteiger partial charge in [0, 0.05) is 23.5 Å². The standard InChI is InChI=1S/C14H10FN3O2/c15-10-4-2-9(3-5-10)13-11(8-12(19)20)14-16-6-1-7-18(14)17-13/h1-7H,8H2,(H,19,20). The maximum absolute atomic E-state index is 13.0. The van der Waals surface area contributed by atoms with Gasteiger partial charge in [0.25, 0.3) is 0 Å². The molecular weight excluding hydrogens is 261 g/mol. The van der Waals surface area contributed by atoms with E-state index in [0.717, 1.165) is 0 Å². The molecule has 1 aromatic carbocycles. The van der Waals surface area contributed by atoms with Gasteiger partial charge in [0.2, 0.25) is 0 Å². The summed E-state index contributed by atoms with van der Waals surface area (Å²) in [4.78, 5) is 15.2. The third-order valence-electron chi connectivity index (χ3n) is 2.94. The third kappa shape index (κ3) is 2.11. The van der Waals surface area contributed by atoms with Crippen molar-refractivity contribution in [1.29, 1.82) is 0 Å². The number of hydrogen-bond donors (Lipinski definition) is 1. The van der Waals surface area contributed by atoms with Crippen LogP contribution in [0, 0.1) is 5.82 Å². The van der Waals surface area contributed by atoms with Crippen LogP contribution in [0.2, 0.25) is 0 Å². The molecule has 6 heteroatoms. The molecule has 1 N–H and O–H groups in total. The van der Waals surface area contributed by atoms with E-state index in [2.05, 4.69) is 10.1 Å². The fourth-order valence-electron chi connectivity index (χ4n) is 2.09. The van der Waals surface area contributed by atoms with Crippen molar-refractivity contribution in [2.75, 3.05) is 0 Å². The predicted octanol–water partition coefficient (Wildman–Crippen LogP) is 2.16. The number of carboxylic acids is 1. The second kappa shape index (κ2) is 4.73. The summed E-state index contributed by atoms with van der Waals surface area (Å²) in [5.41, 5.74) is 2.18. The highest BCUT2D eigenvalue weighted by atomic mass is 19.1. The summed E-state index contributed by atoms with van der Waals surface area (Å²) in [6, 6.07) is 7.48. The van der Waals surface area contributed by atoms with Gasteiger partial charge in [0.1, 0.15) is 5.82 Å². The summed E-state index contributed by atoms with van der Waals surface area (Å²) < 4.78 is 14.5. The number of aromatic nitrogens is 3. The Bertz CT molecular complexity index is 781. The summed E-state index contributed by atoms with van der Waals surface area (Å²) in [7, 11) is 0. The lowest BCUT2D eigenvalue weighted by Gasteiger charge is -2.00. The van der Waals surface area contributed by atoms with Gasteiger partial charge in [0.05, 0.1) is 12.1 Å². The lowest BCUT2D eigenvalue weighted by molar-refractivity contribution is -0.136. The van der Waals surface area contributed by atoms with Gasteiger partial charge in [0.15, 0.2) is 5.65 Å². The van der Waals surface area contributed by atoms with Crippen LogP contribution in [0.3, 0.4) is 0 Å². The van der Waals surface area contributed by atoms with Crippen molar-refractivity contribution in [2.24, 2.45) is 0 Å². The first-order valence-electron chi connectivity index (χ1n) is 5.95. The highest BCUT2D eigenvalue weighted by molar-refractivity contribution is 5.80. The van der Waals surface area contributed by atoms with Gasteiger partial charge >= 0.3 is 5.97 Å². The van der Waals surface area contributed by atoms with Crippen LogP contribution in [0.1, 0.15) is 5.56 Å². The highest BCUT2D eigenvalue weighted by Crippen LogP contribution is 2.25.